The van der Waals surface area contributed by atoms with Gasteiger partial charge in [0, 0.05) is 12.0 Å². The summed E-state index contributed by atoms with van der Waals surface area (Å²) in [5, 5.41) is 13.0. The molecule has 0 saturated carbocycles. The standard InChI is InChI=1S/C28H31NO5/c1-2-33-27(31)18-12-22-11-17-25(26(30)20-22)29-28(32)23-13-15-24(16-14-23)34-19-7-6-10-21-8-4-3-5-9-21/h3-5,8-9,11,13-17,20,30H,2,6-7,10,12,18-19H2,1H3,(H,29,32). The molecule has 3 aromatic rings. The topological polar surface area (TPSA) is 84.9 Å². The summed E-state index contributed by atoms with van der Waals surface area (Å²) in [7, 11) is 0. The van der Waals surface area contributed by atoms with Crippen LogP contribution in [0.5, 0.6) is 11.5 Å². The third-order valence-electron chi connectivity index (χ3n) is 5.32. The Morgan fingerprint density at radius 2 is 1.65 bits per heavy atom. The van der Waals surface area contributed by atoms with E-state index in [9.17, 15) is 14.7 Å². The van der Waals surface area contributed by atoms with Crippen LogP contribution >= 0.6 is 0 Å². The molecule has 6 heteroatoms. The van der Waals surface area contributed by atoms with Crippen molar-refractivity contribution in [2.75, 3.05) is 18.5 Å². The number of carbonyl (C=O) groups excluding carboxylic acids is 2. The van der Waals surface area contributed by atoms with E-state index in [0.717, 1.165) is 24.8 Å². The Bertz CT molecular complexity index is 1060. The Balaban J connectivity index is 1.43. The first-order chi connectivity index (χ1) is 16.5. The van der Waals surface area contributed by atoms with Crippen molar-refractivity contribution in [3.8, 4) is 11.5 Å². The lowest BCUT2D eigenvalue weighted by Gasteiger charge is -2.10. The normalized spacial score (nSPS) is 10.5. The van der Waals surface area contributed by atoms with Crippen LogP contribution in [0.3, 0.4) is 0 Å². The highest BCUT2D eigenvalue weighted by molar-refractivity contribution is 6.05. The fraction of sp³-hybridized carbons (Fsp3) is 0.286. The van der Waals surface area contributed by atoms with Crippen molar-refractivity contribution in [3.63, 3.8) is 0 Å². The average Bonchev–Trinajstić information content (AvgIpc) is 2.85. The van der Waals surface area contributed by atoms with Crippen LogP contribution in [0.25, 0.3) is 0 Å². The van der Waals surface area contributed by atoms with Crippen LogP contribution in [-0.2, 0) is 22.4 Å². The van der Waals surface area contributed by atoms with Gasteiger partial charge in [-0.3, -0.25) is 9.59 Å². The molecule has 0 saturated heterocycles. The molecule has 0 fully saturated rings. The lowest BCUT2D eigenvalue weighted by atomic mass is 10.1. The molecule has 3 aromatic carbocycles. The molecule has 178 valence electrons. The SMILES string of the molecule is CCOC(=O)CCc1ccc(NC(=O)c2ccc(OCCCCc3ccccc3)cc2)c(O)c1. The van der Waals surface area contributed by atoms with E-state index in [1.165, 1.54) is 5.56 Å². The van der Waals surface area contributed by atoms with Gasteiger partial charge in [-0.15, -0.1) is 0 Å². The molecule has 0 atom stereocenters. The largest absolute Gasteiger partial charge is 0.506 e. The minimum Gasteiger partial charge on any atom is -0.506 e. The quantitative estimate of drug-likeness (QED) is 0.210. The average molecular weight is 462 g/mol. The predicted octanol–water partition coefficient (Wildman–Crippen LogP) is 5.54. The number of unbranched alkanes of at least 4 members (excludes halogenated alkanes) is 1. The molecule has 0 spiro atoms. The molecule has 6 nitrogen and oxygen atoms in total. The van der Waals surface area contributed by atoms with Crippen LogP contribution in [0.4, 0.5) is 5.69 Å². The molecule has 0 radical (unpaired) electrons. The van der Waals surface area contributed by atoms with Gasteiger partial charge in [-0.1, -0.05) is 36.4 Å². The number of rotatable bonds is 12. The number of ether oxygens (including phenoxy) is 2. The maximum atomic E-state index is 12.6. The van der Waals surface area contributed by atoms with Crippen LogP contribution in [0, 0.1) is 0 Å². The highest BCUT2D eigenvalue weighted by Gasteiger charge is 2.11. The smallest absolute Gasteiger partial charge is 0.306 e. The van der Waals surface area contributed by atoms with E-state index in [4.69, 9.17) is 9.47 Å². The molecule has 0 bridgehead atoms. The van der Waals surface area contributed by atoms with Gasteiger partial charge in [-0.2, -0.15) is 0 Å². The van der Waals surface area contributed by atoms with Gasteiger partial charge in [0.05, 0.1) is 18.9 Å². The first-order valence-electron chi connectivity index (χ1n) is 11.6. The molecule has 0 aliphatic rings. The fourth-order valence-corrected chi connectivity index (χ4v) is 3.48. The minimum atomic E-state index is -0.330. The first kappa shape index (κ1) is 24.8. The molecule has 2 N–H and O–H groups in total. The van der Waals surface area contributed by atoms with Crippen molar-refractivity contribution in [2.24, 2.45) is 0 Å². The maximum absolute atomic E-state index is 12.6. The summed E-state index contributed by atoms with van der Waals surface area (Å²) in [5.41, 5.74) is 2.88. The minimum absolute atomic E-state index is 0.0508. The fourth-order valence-electron chi connectivity index (χ4n) is 3.48. The number of carbonyl (C=O) groups is 2. The van der Waals surface area contributed by atoms with E-state index >= 15 is 0 Å². The number of amides is 1. The number of phenols is 1. The van der Waals surface area contributed by atoms with Gasteiger partial charge in [0.15, 0.2) is 0 Å². The molecule has 34 heavy (non-hydrogen) atoms. The number of aryl methyl sites for hydroxylation is 2. The van der Waals surface area contributed by atoms with Crippen molar-refractivity contribution in [2.45, 2.75) is 39.0 Å². The lowest BCUT2D eigenvalue weighted by Crippen LogP contribution is -2.12. The van der Waals surface area contributed by atoms with Crippen LogP contribution in [0.1, 0.15) is 47.7 Å². The van der Waals surface area contributed by atoms with Gasteiger partial charge in [-0.25, -0.2) is 0 Å². The lowest BCUT2D eigenvalue weighted by molar-refractivity contribution is -0.143. The van der Waals surface area contributed by atoms with Crippen LogP contribution in [0.15, 0.2) is 72.8 Å². The summed E-state index contributed by atoms with van der Waals surface area (Å²) < 4.78 is 10.7. The molecule has 0 heterocycles. The van der Waals surface area contributed by atoms with Crippen molar-refractivity contribution in [1.29, 1.82) is 0 Å². The van der Waals surface area contributed by atoms with Crippen molar-refractivity contribution in [1.82, 2.24) is 0 Å². The van der Waals surface area contributed by atoms with Crippen LogP contribution in [-0.4, -0.2) is 30.2 Å². The number of anilines is 1. The number of hydrogen-bond donors (Lipinski definition) is 2. The molecular weight excluding hydrogens is 430 g/mol. The number of benzene rings is 3. The number of phenolic OH excluding ortho intramolecular Hbond substituents is 1. The van der Waals surface area contributed by atoms with Crippen LogP contribution in [0.2, 0.25) is 0 Å². The van der Waals surface area contributed by atoms with Gasteiger partial charge < -0.3 is 19.9 Å². The first-order valence-corrected chi connectivity index (χ1v) is 11.6. The zero-order valence-corrected chi connectivity index (χ0v) is 19.5. The highest BCUT2D eigenvalue weighted by atomic mass is 16.5. The van der Waals surface area contributed by atoms with Gasteiger partial charge in [0.1, 0.15) is 11.5 Å². The number of hydrogen-bond acceptors (Lipinski definition) is 5. The maximum Gasteiger partial charge on any atom is 0.306 e. The zero-order chi connectivity index (χ0) is 24.2. The second-order valence-corrected chi connectivity index (χ2v) is 7.93. The second-order valence-electron chi connectivity index (χ2n) is 7.93. The predicted molar refractivity (Wildman–Crippen MR) is 132 cm³/mol. The Morgan fingerprint density at radius 1 is 0.882 bits per heavy atom. The monoisotopic (exact) mass is 461 g/mol. The Labute approximate surface area is 200 Å². The third-order valence-corrected chi connectivity index (χ3v) is 5.32. The third kappa shape index (κ3) is 7.96. The van der Waals surface area contributed by atoms with Gasteiger partial charge in [0.25, 0.3) is 5.91 Å². The zero-order valence-electron chi connectivity index (χ0n) is 19.5. The van der Waals surface area contributed by atoms with Gasteiger partial charge in [-0.05, 0) is 80.1 Å². The molecule has 0 aliphatic carbocycles. The van der Waals surface area contributed by atoms with Crippen molar-refractivity contribution < 1.29 is 24.2 Å². The van der Waals surface area contributed by atoms with Crippen molar-refractivity contribution >= 4 is 17.6 Å². The summed E-state index contributed by atoms with van der Waals surface area (Å²) in [6.07, 6.45) is 3.72. The molecule has 0 aromatic heterocycles. The second kappa shape index (κ2) is 13.0. The number of nitrogens with one attached hydrogen (secondary N) is 1. The van der Waals surface area contributed by atoms with E-state index in [-0.39, 0.29) is 24.0 Å². The van der Waals surface area contributed by atoms with E-state index in [2.05, 4.69) is 29.6 Å². The summed E-state index contributed by atoms with van der Waals surface area (Å²) in [5.74, 6) is 0.0539. The Kier molecular flexibility index (Phi) is 9.52. The van der Waals surface area contributed by atoms with E-state index in [0.29, 0.717) is 36.6 Å². The highest BCUT2D eigenvalue weighted by Crippen LogP contribution is 2.26. The van der Waals surface area contributed by atoms with Crippen molar-refractivity contribution in [3.05, 3.63) is 89.5 Å². The summed E-state index contributed by atoms with van der Waals surface area (Å²) >= 11 is 0. The summed E-state index contributed by atoms with van der Waals surface area (Å²) in [6, 6.07) is 22.2. The number of aromatic hydroxyl groups is 1. The van der Waals surface area contributed by atoms with E-state index in [1.54, 1.807) is 49.4 Å². The summed E-state index contributed by atoms with van der Waals surface area (Å²) in [4.78, 5) is 24.0. The molecule has 0 unspecified atom stereocenters. The number of esters is 1. The van der Waals surface area contributed by atoms with Gasteiger partial charge >= 0.3 is 5.97 Å². The van der Waals surface area contributed by atoms with Crippen LogP contribution < -0.4 is 10.1 Å². The van der Waals surface area contributed by atoms with Gasteiger partial charge in [0.2, 0.25) is 0 Å². The molecule has 3 rings (SSSR count). The summed E-state index contributed by atoms with van der Waals surface area (Å²) in [6.45, 7) is 2.72. The molecule has 0 aliphatic heterocycles. The van der Waals surface area contributed by atoms with E-state index in [1.807, 2.05) is 6.07 Å². The Morgan fingerprint density at radius 3 is 2.35 bits per heavy atom. The van der Waals surface area contributed by atoms with E-state index < -0.39 is 0 Å². The molecular formula is C28H31NO5. The molecule has 1 amide bonds. The Hall–Kier alpha value is -3.80.